The van der Waals surface area contributed by atoms with Gasteiger partial charge in [-0.1, -0.05) is 6.07 Å². The molecule has 0 saturated heterocycles. The van der Waals surface area contributed by atoms with Gasteiger partial charge in [0.15, 0.2) is 0 Å². The van der Waals surface area contributed by atoms with Crippen LogP contribution in [0, 0.1) is 10.1 Å². The molecule has 1 rings (SSSR count). The Hall–Kier alpha value is -1.66. The van der Waals surface area contributed by atoms with Crippen molar-refractivity contribution in [3.05, 3.63) is 33.9 Å². The van der Waals surface area contributed by atoms with E-state index in [0.717, 1.165) is 25.1 Å². The van der Waals surface area contributed by atoms with Crippen LogP contribution >= 0.6 is 0 Å². The number of nitrogens with two attached hydrogens (primary N) is 1. The molecule has 0 aliphatic carbocycles. The van der Waals surface area contributed by atoms with E-state index in [1.54, 1.807) is 19.2 Å². The zero-order chi connectivity index (χ0) is 13.5. The van der Waals surface area contributed by atoms with Crippen LogP contribution in [0.1, 0.15) is 12.0 Å². The van der Waals surface area contributed by atoms with Crippen molar-refractivity contribution in [2.75, 3.05) is 33.0 Å². The van der Waals surface area contributed by atoms with Gasteiger partial charge in [0.25, 0.3) is 5.69 Å². The smallest absolute Gasteiger partial charge is 0.292 e. The summed E-state index contributed by atoms with van der Waals surface area (Å²) in [6, 6.07) is 4.85. The van der Waals surface area contributed by atoms with Crippen molar-refractivity contribution in [2.45, 2.75) is 13.0 Å². The Morgan fingerprint density at radius 2 is 2.22 bits per heavy atom. The van der Waals surface area contributed by atoms with E-state index < -0.39 is 4.92 Å². The molecule has 18 heavy (non-hydrogen) atoms. The van der Waals surface area contributed by atoms with Gasteiger partial charge in [-0.15, -0.1) is 0 Å². The Morgan fingerprint density at radius 3 is 2.78 bits per heavy atom. The number of anilines is 1. The minimum atomic E-state index is -0.471. The minimum absolute atomic E-state index is 0.0409. The van der Waals surface area contributed by atoms with Crippen LogP contribution < -0.4 is 5.73 Å². The van der Waals surface area contributed by atoms with Crippen molar-refractivity contribution < 1.29 is 9.66 Å². The van der Waals surface area contributed by atoms with Gasteiger partial charge in [0.05, 0.1) is 4.92 Å². The third-order valence-corrected chi connectivity index (χ3v) is 2.63. The fraction of sp³-hybridized carbons (Fsp3) is 0.500. The molecule has 0 radical (unpaired) electrons. The quantitative estimate of drug-likeness (QED) is 0.346. The number of rotatable bonds is 7. The summed E-state index contributed by atoms with van der Waals surface area (Å²) in [7, 11) is 3.67. The molecule has 0 atom stereocenters. The molecule has 0 spiro atoms. The SMILES string of the molecule is COCCCN(C)Cc1ccc([N+](=O)[O-])c(N)c1. The van der Waals surface area contributed by atoms with Gasteiger partial charge in [-0.3, -0.25) is 10.1 Å². The molecule has 0 saturated carbocycles. The molecule has 0 bridgehead atoms. The molecule has 0 heterocycles. The van der Waals surface area contributed by atoms with Crippen LogP contribution in [0.4, 0.5) is 11.4 Å². The molecule has 0 amide bonds. The topological polar surface area (TPSA) is 81.6 Å². The highest BCUT2D eigenvalue weighted by molar-refractivity contribution is 5.59. The molecular formula is C12H19N3O3. The summed E-state index contributed by atoms with van der Waals surface area (Å²) in [5.74, 6) is 0. The Labute approximate surface area is 106 Å². The van der Waals surface area contributed by atoms with E-state index in [1.165, 1.54) is 6.07 Å². The van der Waals surface area contributed by atoms with Crippen LogP contribution in [-0.2, 0) is 11.3 Å². The zero-order valence-corrected chi connectivity index (χ0v) is 10.8. The second-order valence-electron chi connectivity index (χ2n) is 4.23. The molecule has 100 valence electrons. The van der Waals surface area contributed by atoms with Crippen molar-refractivity contribution >= 4 is 11.4 Å². The van der Waals surface area contributed by atoms with Crippen molar-refractivity contribution in [3.63, 3.8) is 0 Å². The first kappa shape index (κ1) is 14.4. The Kier molecular flexibility index (Phi) is 5.54. The summed E-state index contributed by atoms with van der Waals surface area (Å²) in [6.45, 7) is 2.35. The molecule has 0 aliphatic heterocycles. The van der Waals surface area contributed by atoms with E-state index in [9.17, 15) is 10.1 Å². The van der Waals surface area contributed by atoms with Gasteiger partial charge in [0.1, 0.15) is 5.69 Å². The zero-order valence-electron chi connectivity index (χ0n) is 10.8. The first-order valence-corrected chi connectivity index (χ1v) is 5.75. The maximum Gasteiger partial charge on any atom is 0.292 e. The second kappa shape index (κ2) is 6.93. The highest BCUT2D eigenvalue weighted by atomic mass is 16.6. The average Bonchev–Trinajstić information content (AvgIpc) is 2.28. The Bertz CT molecular complexity index is 410. The van der Waals surface area contributed by atoms with Crippen LogP contribution in [0.15, 0.2) is 18.2 Å². The summed E-state index contributed by atoms with van der Waals surface area (Å²) in [5, 5.41) is 10.6. The lowest BCUT2D eigenvalue weighted by Gasteiger charge is -2.16. The van der Waals surface area contributed by atoms with E-state index in [0.29, 0.717) is 6.54 Å². The lowest BCUT2D eigenvalue weighted by atomic mass is 10.1. The summed E-state index contributed by atoms with van der Waals surface area (Å²) >= 11 is 0. The molecule has 1 aromatic rings. The fourth-order valence-corrected chi connectivity index (χ4v) is 1.74. The standard InChI is InChI=1S/C12H19N3O3/c1-14(6-3-7-18-2)9-10-4-5-12(15(16)17)11(13)8-10/h4-5,8H,3,6-7,9,13H2,1-2H3. The van der Waals surface area contributed by atoms with E-state index in [2.05, 4.69) is 4.90 Å². The lowest BCUT2D eigenvalue weighted by molar-refractivity contribution is -0.383. The molecule has 2 N–H and O–H groups in total. The molecule has 6 nitrogen and oxygen atoms in total. The van der Waals surface area contributed by atoms with E-state index >= 15 is 0 Å². The highest BCUT2D eigenvalue weighted by Crippen LogP contribution is 2.22. The molecule has 1 aromatic carbocycles. The number of hydrogen-bond acceptors (Lipinski definition) is 5. The highest BCUT2D eigenvalue weighted by Gasteiger charge is 2.11. The maximum absolute atomic E-state index is 10.6. The van der Waals surface area contributed by atoms with Gasteiger partial charge in [-0.05, 0) is 25.1 Å². The second-order valence-corrected chi connectivity index (χ2v) is 4.23. The molecule has 0 aliphatic rings. The van der Waals surface area contributed by atoms with E-state index in [1.807, 2.05) is 7.05 Å². The van der Waals surface area contributed by atoms with Crippen molar-refractivity contribution in [2.24, 2.45) is 0 Å². The van der Waals surface area contributed by atoms with Gasteiger partial charge in [-0.2, -0.15) is 0 Å². The number of methoxy groups -OCH3 is 1. The summed E-state index contributed by atoms with van der Waals surface area (Å²) < 4.78 is 4.98. The lowest BCUT2D eigenvalue weighted by Crippen LogP contribution is -2.20. The minimum Gasteiger partial charge on any atom is -0.393 e. The predicted molar refractivity (Wildman–Crippen MR) is 70.3 cm³/mol. The van der Waals surface area contributed by atoms with Crippen molar-refractivity contribution in [3.8, 4) is 0 Å². The number of benzene rings is 1. The molecular weight excluding hydrogens is 234 g/mol. The first-order valence-electron chi connectivity index (χ1n) is 5.75. The fourth-order valence-electron chi connectivity index (χ4n) is 1.74. The molecule has 0 fully saturated rings. The van der Waals surface area contributed by atoms with Crippen LogP contribution in [0.3, 0.4) is 0 Å². The summed E-state index contributed by atoms with van der Waals surface area (Å²) in [6.07, 6.45) is 0.954. The number of nitrogen functional groups attached to an aromatic ring is 1. The summed E-state index contributed by atoms with van der Waals surface area (Å²) in [5.41, 5.74) is 6.78. The van der Waals surface area contributed by atoms with Gasteiger partial charge >= 0.3 is 0 Å². The van der Waals surface area contributed by atoms with Crippen LogP contribution in [0.5, 0.6) is 0 Å². The van der Waals surface area contributed by atoms with Crippen LogP contribution in [0.2, 0.25) is 0 Å². The van der Waals surface area contributed by atoms with Gasteiger partial charge in [0.2, 0.25) is 0 Å². The number of nitro benzene ring substituents is 1. The third-order valence-electron chi connectivity index (χ3n) is 2.63. The molecule has 0 aromatic heterocycles. The Morgan fingerprint density at radius 1 is 1.50 bits per heavy atom. The Balaban J connectivity index is 2.57. The van der Waals surface area contributed by atoms with Crippen molar-refractivity contribution in [1.29, 1.82) is 0 Å². The van der Waals surface area contributed by atoms with Crippen LogP contribution in [0.25, 0.3) is 0 Å². The number of hydrogen-bond donors (Lipinski definition) is 1. The summed E-state index contributed by atoms with van der Waals surface area (Å²) in [4.78, 5) is 12.3. The van der Waals surface area contributed by atoms with Gasteiger partial charge in [-0.25, -0.2) is 0 Å². The van der Waals surface area contributed by atoms with E-state index in [4.69, 9.17) is 10.5 Å². The number of nitrogens with zero attached hydrogens (tertiary/aromatic N) is 2. The largest absolute Gasteiger partial charge is 0.393 e. The monoisotopic (exact) mass is 253 g/mol. The number of ether oxygens (including phenoxy) is 1. The normalized spacial score (nSPS) is 10.8. The van der Waals surface area contributed by atoms with Gasteiger partial charge in [0, 0.05) is 32.9 Å². The average molecular weight is 253 g/mol. The van der Waals surface area contributed by atoms with E-state index in [-0.39, 0.29) is 11.4 Å². The van der Waals surface area contributed by atoms with Crippen LogP contribution in [-0.4, -0.2) is 37.1 Å². The first-order chi connectivity index (χ1) is 8.54. The number of nitro groups is 1. The van der Waals surface area contributed by atoms with Gasteiger partial charge < -0.3 is 15.4 Å². The molecule has 6 heteroatoms. The third kappa shape index (κ3) is 4.31. The predicted octanol–water partition coefficient (Wildman–Crippen LogP) is 1.65. The maximum atomic E-state index is 10.6. The van der Waals surface area contributed by atoms with Crippen molar-refractivity contribution in [1.82, 2.24) is 4.90 Å². The molecule has 0 unspecified atom stereocenters.